The van der Waals surface area contributed by atoms with Gasteiger partial charge in [-0.15, -0.1) is 0 Å². The van der Waals surface area contributed by atoms with Crippen LogP contribution in [0.1, 0.15) is 30.0 Å². The molecule has 0 aromatic heterocycles. The normalized spacial score (nSPS) is 12.8. The van der Waals surface area contributed by atoms with E-state index in [2.05, 4.69) is 12.1 Å². The smallest absolute Gasteiger partial charge is 0.228 e. The summed E-state index contributed by atoms with van der Waals surface area (Å²) in [6.07, 6.45) is 1.22. The van der Waals surface area contributed by atoms with Gasteiger partial charge in [-0.3, -0.25) is 9.59 Å². The Morgan fingerprint density at radius 2 is 1.88 bits per heavy atom. The molecule has 1 aliphatic heterocycles. The summed E-state index contributed by atoms with van der Waals surface area (Å²) in [5.74, 6) is 0.0301. The van der Waals surface area contributed by atoms with Gasteiger partial charge in [0.1, 0.15) is 0 Å². The average Bonchev–Trinajstić information content (AvgIpc) is 3.00. The number of amides is 2. The summed E-state index contributed by atoms with van der Waals surface area (Å²) in [5.41, 5.74) is 5.32. The van der Waals surface area contributed by atoms with Crippen molar-refractivity contribution < 1.29 is 9.59 Å². The maximum Gasteiger partial charge on any atom is 0.228 e. The lowest BCUT2D eigenvalue weighted by molar-refractivity contribution is -0.118. The molecule has 1 heterocycles. The topological polar surface area (TPSA) is 40.6 Å². The Labute approximate surface area is 149 Å². The predicted molar refractivity (Wildman–Crippen MR) is 101 cm³/mol. The average molecular weight is 336 g/mol. The Morgan fingerprint density at radius 3 is 2.60 bits per heavy atom. The summed E-state index contributed by atoms with van der Waals surface area (Å²) in [6.45, 7) is 6.70. The minimum atomic E-state index is -0.0402. The van der Waals surface area contributed by atoms with E-state index < -0.39 is 0 Å². The maximum absolute atomic E-state index is 12.7. The molecule has 0 bridgehead atoms. The highest BCUT2D eigenvalue weighted by atomic mass is 16.2. The van der Waals surface area contributed by atoms with Gasteiger partial charge >= 0.3 is 0 Å². The molecule has 0 spiro atoms. The minimum absolute atomic E-state index is 0.0402. The predicted octanol–water partition coefficient (Wildman–Crippen LogP) is 3.64. The highest BCUT2D eigenvalue weighted by Crippen LogP contribution is 2.28. The van der Waals surface area contributed by atoms with Gasteiger partial charge in [0.25, 0.3) is 0 Å². The first kappa shape index (κ1) is 17.2. The molecule has 1 aliphatic rings. The van der Waals surface area contributed by atoms with Crippen LogP contribution in [0.15, 0.2) is 42.5 Å². The van der Waals surface area contributed by atoms with Gasteiger partial charge in [0, 0.05) is 37.8 Å². The zero-order valence-electron chi connectivity index (χ0n) is 15.1. The lowest BCUT2D eigenvalue weighted by atomic mass is 10.1. The first-order chi connectivity index (χ1) is 12.0. The maximum atomic E-state index is 12.7. The van der Waals surface area contributed by atoms with Crippen LogP contribution in [0.25, 0.3) is 0 Å². The van der Waals surface area contributed by atoms with Crippen molar-refractivity contribution in [1.82, 2.24) is 0 Å². The summed E-state index contributed by atoms with van der Waals surface area (Å²) >= 11 is 0. The number of hydrogen-bond donors (Lipinski definition) is 0. The van der Waals surface area contributed by atoms with Crippen molar-refractivity contribution in [3.05, 3.63) is 59.2 Å². The van der Waals surface area contributed by atoms with Crippen LogP contribution in [-0.2, 0) is 16.0 Å². The van der Waals surface area contributed by atoms with Gasteiger partial charge in [-0.05, 0) is 43.5 Å². The van der Waals surface area contributed by atoms with Crippen LogP contribution in [0.3, 0.4) is 0 Å². The molecule has 2 amide bonds. The highest BCUT2D eigenvalue weighted by Gasteiger charge is 2.25. The Balaban J connectivity index is 1.72. The Hall–Kier alpha value is -2.62. The van der Waals surface area contributed by atoms with Gasteiger partial charge in [-0.1, -0.05) is 35.9 Å². The number of benzene rings is 2. The number of rotatable bonds is 4. The quantitative estimate of drug-likeness (QED) is 0.855. The molecule has 3 rings (SSSR count). The zero-order chi connectivity index (χ0) is 18.0. The summed E-state index contributed by atoms with van der Waals surface area (Å²) in [7, 11) is 0. The van der Waals surface area contributed by atoms with Crippen LogP contribution in [-0.4, -0.2) is 24.9 Å². The van der Waals surface area contributed by atoms with Gasteiger partial charge in [-0.2, -0.15) is 0 Å². The lowest BCUT2D eigenvalue weighted by Crippen LogP contribution is -2.36. The molecule has 2 aromatic rings. The summed E-state index contributed by atoms with van der Waals surface area (Å²) in [4.78, 5) is 28.4. The zero-order valence-corrected chi connectivity index (χ0v) is 15.1. The van der Waals surface area contributed by atoms with Crippen molar-refractivity contribution in [3.8, 4) is 0 Å². The Bertz CT molecular complexity index is 813. The fourth-order valence-electron chi connectivity index (χ4n) is 3.50. The van der Waals surface area contributed by atoms with Gasteiger partial charge in [0.2, 0.25) is 11.8 Å². The molecule has 0 saturated heterocycles. The summed E-state index contributed by atoms with van der Waals surface area (Å²) < 4.78 is 0. The number of anilines is 2. The van der Waals surface area contributed by atoms with Crippen molar-refractivity contribution in [2.45, 2.75) is 33.6 Å². The van der Waals surface area contributed by atoms with Crippen molar-refractivity contribution in [3.63, 3.8) is 0 Å². The number of carbonyl (C=O) groups excluding carboxylic acids is 2. The molecule has 2 aromatic carbocycles. The first-order valence-electron chi connectivity index (χ1n) is 8.71. The second-order valence-electron chi connectivity index (χ2n) is 6.63. The summed E-state index contributed by atoms with van der Waals surface area (Å²) in [6, 6.07) is 14.0. The second-order valence-corrected chi connectivity index (χ2v) is 6.63. The van der Waals surface area contributed by atoms with Crippen LogP contribution in [0, 0.1) is 13.8 Å². The molecule has 0 unspecified atom stereocenters. The van der Waals surface area contributed by atoms with Crippen LogP contribution in [0.2, 0.25) is 0 Å². The van der Waals surface area contributed by atoms with E-state index in [-0.39, 0.29) is 11.8 Å². The molecule has 0 aliphatic carbocycles. The number of fused-ring (bicyclic) bond motifs is 1. The van der Waals surface area contributed by atoms with Crippen molar-refractivity contribution in [2.24, 2.45) is 0 Å². The lowest BCUT2D eigenvalue weighted by Gasteiger charge is -2.25. The number of carbonyl (C=O) groups is 2. The molecule has 130 valence electrons. The van der Waals surface area contributed by atoms with Gasteiger partial charge < -0.3 is 9.80 Å². The van der Waals surface area contributed by atoms with E-state index in [1.54, 1.807) is 11.8 Å². The van der Waals surface area contributed by atoms with E-state index in [1.165, 1.54) is 5.56 Å². The van der Waals surface area contributed by atoms with Gasteiger partial charge in [0.15, 0.2) is 0 Å². The molecule has 0 atom stereocenters. The van der Waals surface area contributed by atoms with E-state index in [4.69, 9.17) is 0 Å². The number of aryl methyl sites for hydroxylation is 2. The molecule has 0 radical (unpaired) electrons. The van der Waals surface area contributed by atoms with E-state index in [1.807, 2.05) is 49.1 Å². The van der Waals surface area contributed by atoms with Crippen LogP contribution >= 0.6 is 0 Å². The molecular formula is C21H24N2O2. The SMILES string of the molecule is CC(=O)N(CCC(=O)N1CCc2ccccc21)c1ccc(C)cc1C. The second kappa shape index (κ2) is 7.09. The molecular weight excluding hydrogens is 312 g/mol. The van der Waals surface area contributed by atoms with E-state index in [0.717, 1.165) is 35.5 Å². The number of para-hydroxylation sites is 1. The number of nitrogens with zero attached hydrogens (tertiary/aromatic N) is 2. The third-order valence-corrected chi connectivity index (χ3v) is 4.76. The molecule has 0 fully saturated rings. The largest absolute Gasteiger partial charge is 0.312 e. The Morgan fingerprint density at radius 1 is 1.12 bits per heavy atom. The third-order valence-electron chi connectivity index (χ3n) is 4.76. The fraction of sp³-hybridized carbons (Fsp3) is 0.333. The van der Waals surface area contributed by atoms with Crippen LogP contribution < -0.4 is 9.80 Å². The van der Waals surface area contributed by atoms with E-state index >= 15 is 0 Å². The fourth-order valence-corrected chi connectivity index (χ4v) is 3.50. The van der Waals surface area contributed by atoms with Crippen molar-refractivity contribution >= 4 is 23.2 Å². The van der Waals surface area contributed by atoms with Gasteiger partial charge in [0.05, 0.1) is 0 Å². The molecule has 0 N–H and O–H groups in total. The number of hydrogen-bond acceptors (Lipinski definition) is 2. The molecule has 4 heteroatoms. The van der Waals surface area contributed by atoms with Crippen LogP contribution in [0.5, 0.6) is 0 Å². The molecule has 25 heavy (non-hydrogen) atoms. The standard InChI is InChI=1S/C21H24N2O2/c1-15-8-9-19(16(2)14-15)22(17(3)24)13-11-21(25)23-12-10-18-6-4-5-7-20(18)23/h4-9,14H,10-13H2,1-3H3. The van der Waals surface area contributed by atoms with E-state index in [0.29, 0.717) is 13.0 Å². The van der Waals surface area contributed by atoms with Gasteiger partial charge in [-0.25, -0.2) is 0 Å². The first-order valence-corrected chi connectivity index (χ1v) is 8.71. The molecule has 0 saturated carbocycles. The highest BCUT2D eigenvalue weighted by molar-refractivity contribution is 5.97. The third kappa shape index (κ3) is 3.58. The monoisotopic (exact) mass is 336 g/mol. The van der Waals surface area contributed by atoms with Crippen LogP contribution in [0.4, 0.5) is 11.4 Å². The Kier molecular flexibility index (Phi) is 4.88. The molecule has 4 nitrogen and oxygen atoms in total. The van der Waals surface area contributed by atoms with Crippen molar-refractivity contribution in [2.75, 3.05) is 22.9 Å². The van der Waals surface area contributed by atoms with E-state index in [9.17, 15) is 9.59 Å². The van der Waals surface area contributed by atoms with Crippen molar-refractivity contribution in [1.29, 1.82) is 0 Å². The summed E-state index contributed by atoms with van der Waals surface area (Å²) in [5, 5.41) is 0. The minimum Gasteiger partial charge on any atom is -0.312 e.